The van der Waals surface area contributed by atoms with Crippen LogP contribution in [0.25, 0.3) is 11.1 Å². The van der Waals surface area contributed by atoms with Gasteiger partial charge in [0, 0.05) is 27.5 Å². The zero-order chi connectivity index (χ0) is 9.97. The first kappa shape index (κ1) is 9.62. The molecule has 0 aliphatic rings. The summed E-state index contributed by atoms with van der Waals surface area (Å²) in [5.74, 6) is 0. The Morgan fingerprint density at radius 1 is 1.00 bits per heavy atom. The van der Waals surface area contributed by atoms with Gasteiger partial charge in [0.25, 0.3) is 0 Å². The van der Waals surface area contributed by atoms with Gasteiger partial charge >= 0.3 is 0 Å². The van der Waals surface area contributed by atoms with Crippen LogP contribution in [0.2, 0.25) is 5.02 Å². The van der Waals surface area contributed by atoms with Gasteiger partial charge in [0.2, 0.25) is 0 Å². The van der Waals surface area contributed by atoms with Crippen LogP contribution in [0.4, 0.5) is 0 Å². The molecule has 2 aromatic rings. The molecular formula is C10H6BrClN2. The topological polar surface area (TPSA) is 25.8 Å². The zero-order valence-electron chi connectivity index (χ0n) is 7.11. The Labute approximate surface area is 95.1 Å². The van der Waals surface area contributed by atoms with Gasteiger partial charge in [0.15, 0.2) is 0 Å². The summed E-state index contributed by atoms with van der Waals surface area (Å²) >= 11 is 9.31. The summed E-state index contributed by atoms with van der Waals surface area (Å²) in [6.07, 6.45) is 5.01. The Bertz CT molecular complexity index is 425. The molecule has 14 heavy (non-hydrogen) atoms. The van der Waals surface area contributed by atoms with Gasteiger partial charge in [0.1, 0.15) is 6.33 Å². The maximum absolute atomic E-state index is 5.93. The number of halogens is 2. The van der Waals surface area contributed by atoms with E-state index in [1.54, 1.807) is 12.4 Å². The van der Waals surface area contributed by atoms with E-state index in [-0.39, 0.29) is 0 Å². The molecule has 1 aromatic carbocycles. The van der Waals surface area contributed by atoms with Crippen LogP contribution in [-0.4, -0.2) is 9.97 Å². The second-order valence-electron chi connectivity index (χ2n) is 2.79. The summed E-state index contributed by atoms with van der Waals surface area (Å²) in [6.45, 7) is 0. The summed E-state index contributed by atoms with van der Waals surface area (Å²) < 4.78 is 0.948. The highest BCUT2D eigenvalue weighted by atomic mass is 79.9. The van der Waals surface area contributed by atoms with Crippen LogP contribution in [0.15, 0.2) is 41.4 Å². The van der Waals surface area contributed by atoms with Crippen molar-refractivity contribution in [2.75, 3.05) is 0 Å². The maximum atomic E-state index is 5.93. The Morgan fingerprint density at radius 2 is 1.71 bits per heavy atom. The van der Waals surface area contributed by atoms with E-state index in [1.807, 2.05) is 18.2 Å². The molecule has 1 aromatic heterocycles. The third-order valence-corrected chi connectivity index (χ3v) is 2.43. The predicted octanol–water partition coefficient (Wildman–Crippen LogP) is 3.56. The molecule has 0 atom stereocenters. The molecule has 0 N–H and O–H groups in total. The van der Waals surface area contributed by atoms with Crippen LogP contribution in [0.5, 0.6) is 0 Å². The Kier molecular flexibility index (Phi) is 2.79. The van der Waals surface area contributed by atoms with Crippen molar-refractivity contribution in [1.82, 2.24) is 9.97 Å². The molecule has 0 amide bonds. The summed E-state index contributed by atoms with van der Waals surface area (Å²) in [7, 11) is 0. The highest BCUT2D eigenvalue weighted by Gasteiger charge is 2.00. The summed E-state index contributed by atoms with van der Waals surface area (Å²) in [4.78, 5) is 7.90. The van der Waals surface area contributed by atoms with E-state index in [9.17, 15) is 0 Å². The molecule has 0 fully saturated rings. The summed E-state index contributed by atoms with van der Waals surface area (Å²) in [5.41, 5.74) is 1.96. The standard InChI is InChI=1S/C10H6BrClN2/c11-9-1-7(2-10(12)3-9)8-4-13-6-14-5-8/h1-6H. The molecule has 0 saturated heterocycles. The molecular weight excluding hydrogens is 263 g/mol. The van der Waals surface area contributed by atoms with E-state index in [0.717, 1.165) is 15.6 Å². The van der Waals surface area contributed by atoms with Crippen molar-refractivity contribution in [2.45, 2.75) is 0 Å². The number of benzene rings is 1. The van der Waals surface area contributed by atoms with E-state index < -0.39 is 0 Å². The highest BCUT2D eigenvalue weighted by Crippen LogP contribution is 2.26. The summed E-state index contributed by atoms with van der Waals surface area (Å²) in [6, 6.07) is 5.70. The third kappa shape index (κ3) is 2.11. The van der Waals surface area contributed by atoms with E-state index in [0.29, 0.717) is 5.02 Å². The highest BCUT2D eigenvalue weighted by molar-refractivity contribution is 9.10. The lowest BCUT2D eigenvalue weighted by molar-refractivity contribution is 1.17. The van der Waals surface area contributed by atoms with Crippen molar-refractivity contribution < 1.29 is 0 Å². The molecule has 4 heteroatoms. The van der Waals surface area contributed by atoms with Gasteiger partial charge in [0.05, 0.1) is 0 Å². The fourth-order valence-corrected chi connectivity index (χ4v) is 2.03. The zero-order valence-corrected chi connectivity index (χ0v) is 9.46. The molecule has 2 nitrogen and oxygen atoms in total. The molecule has 1 heterocycles. The molecule has 0 aliphatic heterocycles. The van der Waals surface area contributed by atoms with Crippen LogP contribution in [0.1, 0.15) is 0 Å². The van der Waals surface area contributed by atoms with Crippen LogP contribution in [0.3, 0.4) is 0 Å². The summed E-state index contributed by atoms with van der Waals surface area (Å²) in [5, 5.41) is 0.693. The average molecular weight is 270 g/mol. The smallest absolute Gasteiger partial charge is 0.115 e. The molecule has 0 saturated carbocycles. The molecule has 70 valence electrons. The number of aromatic nitrogens is 2. The predicted molar refractivity (Wildman–Crippen MR) is 60.2 cm³/mol. The van der Waals surface area contributed by atoms with Gasteiger partial charge in [-0.1, -0.05) is 27.5 Å². The normalized spacial score (nSPS) is 10.1. The van der Waals surface area contributed by atoms with E-state index in [1.165, 1.54) is 6.33 Å². The van der Waals surface area contributed by atoms with Crippen molar-refractivity contribution in [3.8, 4) is 11.1 Å². The molecule has 0 radical (unpaired) electrons. The SMILES string of the molecule is Clc1cc(Br)cc(-c2cncnc2)c1. The molecule has 0 unspecified atom stereocenters. The minimum Gasteiger partial charge on any atom is -0.244 e. The van der Waals surface area contributed by atoms with Crippen molar-refractivity contribution in [3.63, 3.8) is 0 Å². The number of hydrogen-bond acceptors (Lipinski definition) is 2. The van der Waals surface area contributed by atoms with Gasteiger partial charge in [-0.2, -0.15) is 0 Å². The van der Waals surface area contributed by atoms with E-state index >= 15 is 0 Å². The quantitative estimate of drug-likeness (QED) is 0.791. The molecule has 2 rings (SSSR count). The van der Waals surface area contributed by atoms with Gasteiger partial charge in [-0.05, 0) is 23.8 Å². The largest absolute Gasteiger partial charge is 0.244 e. The first-order chi connectivity index (χ1) is 6.75. The van der Waals surface area contributed by atoms with Crippen LogP contribution < -0.4 is 0 Å². The Morgan fingerprint density at radius 3 is 2.36 bits per heavy atom. The van der Waals surface area contributed by atoms with E-state index in [2.05, 4.69) is 25.9 Å². The van der Waals surface area contributed by atoms with E-state index in [4.69, 9.17) is 11.6 Å². The number of rotatable bonds is 1. The maximum Gasteiger partial charge on any atom is 0.115 e. The minimum atomic E-state index is 0.693. The fraction of sp³-hybridized carbons (Fsp3) is 0. The monoisotopic (exact) mass is 268 g/mol. The lowest BCUT2D eigenvalue weighted by Gasteiger charge is -2.01. The van der Waals surface area contributed by atoms with Crippen LogP contribution >= 0.6 is 27.5 Å². The fourth-order valence-electron chi connectivity index (χ4n) is 1.17. The minimum absolute atomic E-state index is 0.693. The third-order valence-electron chi connectivity index (χ3n) is 1.76. The Hall–Kier alpha value is -0.930. The Balaban J connectivity index is 2.52. The van der Waals surface area contributed by atoms with Crippen molar-refractivity contribution in [1.29, 1.82) is 0 Å². The van der Waals surface area contributed by atoms with Gasteiger partial charge in [-0.3, -0.25) is 0 Å². The molecule has 0 spiro atoms. The van der Waals surface area contributed by atoms with Crippen molar-refractivity contribution >= 4 is 27.5 Å². The molecule has 0 aliphatic carbocycles. The van der Waals surface area contributed by atoms with Crippen LogP contribution in [-0.2, 0) is 0 Å². The first-order valence-electron chi connectivity index (χ1n) is 3.97. The number of nitrogens with zero attached hydrogens (tertiary/aromatic N) is 2. The lowest BCUT2D eigenvalue weighted by Crippen LogP contribution is -1.82. The second kappa shape index (κ2) is 4.07. The van der Waals surface area contributed by atoms with Gasteiger partial charge < -0.3 is 0 Å². The molecule has 0 bridgehead atoms. The lowest BCUT2D eigenvalue weighted by atomic mass is 10.1. The average Bonchev–Trinajstić information content (AvgIpc) is 2.18. The second-order valence-corrected chi connectivity index (χ2v) is 4.14. The first-order valence-corrected chi connectivity index (χ1v) is 5.14. The van der Waals surface area contributed by atoms with Gasteiger partial charge in [-0.25, -0.2) is 9.97 Å². The number of hydrogen-bond donors (Lipinski definition) is 0. The van der Waals surface area contributed by atoms with Gasteiger partial charge in [-0.15, -0.1) is 0 Å². The van der Waals surface area contributed by atoms with Crippen molar-refractivity contribution in [2.24, 2.45) is 0 Å². The van der Waals surface area contributed by atoms with Crippen LogP contribution in [0, 0.1) is 0 Å². The van der Waals surface area contributed by atoms with Crippen molar-refractivity contribution in [3.05, 3.63) is 46.4 Å².